The van der Waals surface area contributed by atoms with Crippen LogP contribution >= 0.6 is 11.6 Å². The molecular weight excluding hydrogens is 368 g/mol. The van der Waals surface area contributed by atoms with Crippen molar-refractivity contribution in [1.82, 2.24) is 10.3 Å². The number of aliphatic hydroxyl groups excluding tert-OH is 1. The first-order valence-electron chi connectivity index (χ1n) is 9.10. The maximum absolute atomic E-state index is 12.4. The molecule has 2 N–H and O–H groups in total. The zero-order valence-electron chi connectivity index (χ0n) is 15.6. The van der Waals surface area contributed by atoms with Crippen LogP contribution in [0.5, 0.6) is 5.75 Å². The number of ether oxygens (including phenoxy) is 2. The minimum absolute atomic E-state index is 0.205. The van der Waals surface area contributed by atoms with Crippen molar-refractivity contribution >= 4 is 28.5 Å². The molecule has 0 amide bonds. The average molecular weight is 393 g/mol. The molecule has 1 aliphatic rings. The van der Waals surface area contributed by atoms with Gasteiger partial charge in [0.25, 0.3) is 0 Å². The van der Waals surface area contributed by atoms with Crippen molar-refractivity contribution in [2.24, 2.45) is 5.41 Å². The Kier molecular flexibility index (Phi) is 6.19. The maximum atomic E-state index is 12.4. The van der Waals surface area contributed by atoms with Gasteiger partial charge in [-0.1, -0.05) is 11.6 Å². The number of halogens is 1. The van der Waals surface area contributed by atoms with Crippen LogP contribution in [-0.2, 0) is 9.53 Å². The number of nitrogens with one attached hydrogen (secondary N) is 1. The number of hydrogen-bond donors (Lipinski definition) is 2. The summed E-state index contributed by atoms with van der Waals surface area (Å²) in [5.74, 6) is 0.466. The molecule has 2 heterocycles. The molecule has 1 aromatic heterocycles. The van der Waals surface area contributed by atoms with Crippen LogP contribution in [0.25, 0.3) is 10.9 Å². The van der Waals surface area contributed by atoms with Crippen LogP contribution in [0.4, 0.5) is 0 Å². The molecule has 7 heteroatoms. The van der Waals surface area contributed by atoms with E-state index in [1.807, 2.05) is 18.2 Å². The third kappa shape index (κ3) is 4.03. The van der Waals surface area contributed by atoms with Crippen LogP contribution in [0.15, 0.2) is 24.4 Å². The lowest BCUT2D eigenvalue weighted by molar-refractivity contribution is -0.155. The number of hydrogen-bond acceptors (Lipinski definition) is 6. The topological polar surface area (TPSA) is 80.7 Å². The first kappa shape index (κ1) is 19.9. The smallest absolute Gasteiger partial charge is 0.311 e. The van der Waals surface area contributed by atoms with Gasteiger partial charge in [-0.15, -0.1) is 0 Å². The van der Waals surface area contributed by atoms with Gasteiger partial charge in [0, 0.05) is 17.1 Å². The van der Waals surface area contributed by atoms with Crippen molar-refractivity contribution in [3.8, 4) is 5.75 Å². The number of carbonyl (C=O) groups excluding carboxylic acids is 1. The van der Waals surface area contributed by atoms with Crippen LogP contribution in [0.3, 0.4) is 0 Å². The van der Waals surface area contributed by atoms with E-state index in [0.717, 1.165) is 24.0 Å². The monoisotopic (exact) mass is 392 g/mol. The zero-order chi connectivity index (χ0) is 19.4. The summed E-state index contributed by atoms with van der Waals surface area (Å²) < 4.78 is 10.3. The number of carbonyl (C=O) groups is 1. The van der Waals surface area contributed by atoms with Crippen molar-refractivity contribution in [3.05, 3.63) is 35.0 Å². The fourth-order valence-electron chi connectivity index (χ4n) is 3.87. The summed E-state index contributed by atoms with van der Waals surface area (Å²) in [5, 5.41) is 15.4. The van der Waals surface area contributed by atoms with Crippen LogP contribution in [-0.4, -0.2) is 43.4 Å². The van der Waals surface area contributed by atoms with Gasteiger partial charge in [-0.05, 0) is 57.0 Å². The van der Waals surface area contributed by atoms with E-state index in [1.165, 1.54) is 7.11 Å². The van der Waals surface area contributed by atoms with Gasteiger partial charge in [0.2, 0.25) is 0 Å². The van der Waals surface area contributed by atoms with E-state index in [-0.39, 0.29) is 5.97 Å². The minimum atomic E-state index is -0.813. The first-order valence-corrected chi connectivity index (χ1v) is 9.48. The summed E-state index contributed by atoms with van der Waals surface area (Å²) in [6, 6.07) is 5.48. The Bertz CT molecular complexity index is 821. The van der Waals surface area contributed by atoms with Gasteiger partial charge >= 0.3 is 5.97 Å². The molecule has 1 unspecified atom stereocenters. The fourth-order valence-corrected chi connectivity index (χ4v) is 4.15. The second-order valence-electron chi connectivity index (χ2n) is 6.98. The molecule has 1 aromatic carbocycles. The standard InChI is InChI=1S/C20H25ClN2O4/c1-26-13-3-4-16-14(11-13)18(15(21)12-23-16)17(24)5-6-20(19(25)27-2)7-9-22-10-8-20/h3-4,11-12,17,22,24H,5-10H2,1-2H3. The van der Waals surface area contributed by atoms with Crippen molar-refractivity contribution in [2.75, 3.05) is 27.3 Å². The van der Waals surface area contributed by atoms with Crippen LogP contribution < -0.4 is 10.1 Å². The lowest BCUT2D eigenvalue weighted by Crippen LogP contribution is -2.43. The quantitative estimate of drug-likeness (QED) is 0.734. The predicted octanol–water partition coefficient (Wildman–Crippen LogP) is 3.25. The number of pyridine rings is 1. The van der Waals surface area contributed by atoms with Gasteiger partial charge in [-0.2, -0.15) is 0 Å². The third-order valence-corrected chi connectivity index (χ3v) is 5.78. The van der Waals surface area contributed by atoms with Crippen LogP contribution in [0, 0.1) is 5.41 Å². The zero-order valence-corrected chi connectivity index (χ0v) is 16.4. The average Bonchev–Trinajstić information content (AvgIpc) is 2.71. The van der Waals surface area contributed by atoms with E-state index in [0.29, 0.717) is 42.0 Å². The summed E-state index contributed by atoms with van der Waals surface area (Å²) in [4.78, 5) is 16.7. The van der Waals surface area contributed by atoms with Gasteiger partial charge in [0.15, 0.2) is 0 Å². The van der Waals surface area contributed by atoms with Gasteiger partial charge in [-0.3, -0.25) is 9.78 Å². The molecule has 2 aromatic rings. The lowest BCUT2D eigenvalue weighted by Gasteiger charge is -2.35. The molecule has 1 atom stereocenters. The highest BCUT2D eigenvalue weighted by molar-refractivity contribution is 6.32. The van der Waals surface area contributed by atoms with E-state index in [4.69, 9.17) is 21.1 Å². The van der Waals surface area contributed by atoms with Gasteiger partial charge in [0.05, 0.1) is 36.3 Å². The number of piperidine rings is 1. The maximum Gasteiger partial charge on any atom is 0.311 e. The van der Waals surface area contributed by atoms with E-state index in [2.05, 4.69) is 10.3 Å². The molecule has 1 saturated heterocycles. The van der Waals surface area contributed by atoms with Gasteiger partial charge in [0.1, 0.15) is 5.75 Å². The SMILES string of the molecule is COC(=O)C1(CCC(O)c2c(Cl)cnc3ccc(OC)cc23)CCNCC1. The fraction of sp³-hybridized carbons (Fsp3) is 0.500. The Labute approximate surface area is 163 Å². The lowest BCUT2D eigenvalue weighted by atomic mass is 9.74. The van der Waals surface area contributed by atoms with Crippen LogP contribution in [0.2, 0.25) is 5.02 Å². The summed E-state index contributed by atoms with van der Waals surface area (Å²) in [6.45, 7) is 1.53. The number of rotatable bonds is 6. The van der Waals surface area contributed by atoms with Gasteiger partial charge < -0.3 is 19.9 Å². The molecule has 0 radical (unpaired) electrons. The molecule has 0 bridgehead atoms. The Morgan fingerprint density at radius 1 is 1.37 bits per heavy atom. The normalized spacial score (nSPS) is 17.5. The van der Waals surface area contributed by atoms with Crippen molar-refractivity contribution in [3.63, 3.8) is 0 Å². The molecule has 146 valence electrons. The molecule has 0 spiro atoms. The second-order valence-corrected chi connectivity index (χ2v) is 7.39. The van der Waals surface area contributed by atoms with Crippen molar-refractivity contribution in [1.29, 1.82) is 0 Å². The van der Waals surface area contributed by atoms with E-state index < -0.39 is 11.5 Å². The largest absolute Gasteiger partial charge is 0.497 e. The number of aromatic nitrogens is 1. The van der Waals surface area contributed by atoms with Crippen molar-refractivity contribution < 1.29 is 19.4 Å². The Morgan fingerprint density at radius 2 is 2.11 bits per heavy atom. The van der Waals surface area contributed by atoms with Crippen molar-refractivity contribution in [2.45, 2.75) is 31.8 Å². The number of aliphatic hydroxyl groups is 1. The number of methoxy groups -OCH3 is 2. The molecule has 6 nitrogen and oxygen atoms in total. The molecule has 0 saturated carbocycles. The Hall–Kier alpha value is -1.89. The molecule has 1 aliphatic heterocycles. The summed E-state index contributed by atoms with van der Waals surface area (Å²) >= 11 is 6.37. The molecule has 3 rings (SSSR count). The highest BCUT2D eigenvalue weighted by Gasteiger charge is 2.40. The summed E-state index contributed by atoms with van der Waals surface area (Å²) in [6.07, 6.45) is 3.08. The predicted molar refractivity (Wildman–Crippen MR) is 104 cm³/mol. The Morgan fingerprint density at radius 3 is 2.78 bits per heavy atom. The second kappa shape index (κ2) is 8.42. The third-order valence-electron chi connectivity index (χ3n) is 5.48. The number of benzene rings is 1. The number of fused-ring (bicyclic) bond motifs is 1. The highest BCUT2D eigenvalue weighted by atomic mass is 35.5. The summed E-state index contributed by atoms with van der Waals surface area (Å²) in [7, 11) is 3.01. The van der Waals surface area contributed by atoms with E-state index >= 15 is 0 Å². The Balaban J connectivity index is 1.88. The first-order chi connectivity index (χ1) is 13.0. The summed E-state index contributed by atoms with van der Waals surface area (Å²) in [5.41, 5.74) is 0.793. The minimum Gasteiger partial charge on any atom is -0.497 e. The van der Waals surface area contributed by atoms with E-state index in [1.54, 1.807) is 13.3 Å². The number of esters is 1. The molecule has 27 heavy (non-hydrogen) atoms. The molecular formula is C20H25ClN2O4. The van der Waals surface area contributed by atoms with E-state index in [9.17, 15) is 9.90 Å². The van der Waals surface area contributed by atoms with Gasteiger partial charge in [-0.25, -0.2) is 0 Å². The molecule has 1 fully saturated rings. The van der Waals surface area contributed by atoms with Crippen LogP contribution in [0.1, 0.15) is 37.4 Å². The number of nitrogens with zero attached hydrogens (tertiary/aromatic N) is 1. The molecule has 0 aliphatic carbocycles. The highest BCUT2D eigenvalue weighted by Crippen LogP contribution is 2.40.